The molecule has 2 aliphatic rings. The number of fused-ring (bicyclic) bond motifs is 1. The molecular weight excluding hydrogens is 270 g/mol. The fraction of sp³-hybridized carbons (Fsp3) is 0.750. The van der Waals surface area contributed by atoms with Crippen LogP contribution >= 0.6 is 11.6 Å². The van der Waals surface area contributed by atoms with E-state index in [-0.39, 0.29) is 0 Å². The second kappa shape index (κ2) is 5.61. The first-order chi connectivity index (χ1) is 9.53. The minimum absolute atomic E-state index is 0.330. The fourth-order valence-corrected chi connectivity index (χ4v) is 3.60. The summed E-state index contributed by atoms with van der Waals surface area (Å²) in [7, 11) is 0. The Morgan fingerprint density at radius 2 is 1.95 bits per heavy atom. The van der Waals surface area contributed by atoms with E-state index in [4.69, 9.17) is 16.6 Å². The van der Waals surface area contributed by atoms with Crippen molar-refractivity contribution in [2.75, 3.05) is 19.6 Å². The highest BCUT2D eigenvalue weighted by atomic mass is 35.5. The van der Waals surface area contributed by atoms with Crippen LogP contribution in [0.25, 0.3) is 0 Å². The Balaban J connectivity index is 1.72. The van der Waals surface area contributed by atoms with Crippen molar-refractivity contribution in [2.45, 2.75) is 52.4 Å². The molecule has 2 heterocycles. The predicted molar refractivity (Wildman–Crippen MR) is 82.2 cm³/mol. The summed E-state index contributed by atoms with van der Waals surface area (Å²) < 4.78 is 0. The van der Waals surface area contributed by atoms with Crippen molar-refractivity contribution in [2.24, 2.45) is 5.41 Å². The number of aryl methyl sites for hydroxylation is 1. The smallest absolute Gasteiger partial charge is 0.136 e. The average molecular weight is 294 g/mol. The van der Waals surface area contributed by atoms with Gasteiger partial charge < -0.3 is 4.90 Å². The van der Waals surface area contributed by atoms with E-state index >= 15 is 0 Å². The van der Waals surface area contributed by atoms with Crippen LogP contribution in [0.1, 0.15) is 50.2 Å². The molecule has 1 fully saturated rings. The van der Waals surface area contributed by atoms with Gasteiger partial charge in [-0.15, -0.1) is 0 Å². The Labute approximate surface area is 126 Å². The number of nitrogens with zero attached hydrogens (tertiary/aromatic N) is 3. The molecule has 1 saturated heterocycles. The third kappa shape index (κ3) is 3.15. The molecule has 20 heavy (non-hydrogen) atoms. The second-order valence-corrected chi connectivity index (χ2v) is 7.35. The zero-order chi connectivity index (χ0) is 14.2. The Hall–Kier alpha value is -0.670. The van der Waals surface area contributed by atoms with Crippen molar-refractivity contribution in [1.82, 2.24) is 14.9 Å². The first-order valence-electron chi connectivity index (χ1n) is 7.80. The average Bonchev–Trinajstić information content (AvgIpc) is 2.90. The van der Waals surface area contributed by atoms with E-state index in [0.717, 1.165) is 31.6 Å². The topological polar surface area (TPSA) is 29.0 Å². The van der Waals surface area contributed by atoms with Gasteiger partial charge in [0, 0.05) is 24.2 Å². The van der Waals surface area contributed by atoms with Gasteiger partial charge in [0.1, 0.15) is 11.0 Å². The highest BCUT2D eigenvalue weighted by molar-refractivity contribution is 6.30. The van der Waals surface area contributed by atoms with E-state index < -0.39 is 0 Å². The molecule has 0 aromatic carbocycles. The van der Waals surface area contributed by atoms with Gasteiger partial charge in [-0.05, 0) is 50.6 Å². The molecule has 1 aliphatic carbocycles. The highest BCUT2D eigenvalue weighted by Gasteiger charge is 2.28. The van der Waals surface area contributed by atoms with Crippen LogP contribution in [0.3, 0.4) is 0 Å². The quantitative estimate of drug-likeness (QED) is 0.801. The molecule has 3 rings (SSSR count). The molecule has 0 unspecified atom stereocenters. The minimum Gasteiger partial charge on any atom is -0.303 e. The zero-order valence-corrected chi connectivity index (χ0v) is 13.3. The van der Waals surface area contributed by atoms with E-state index in [2.05, 4.69) is 23.7 Å². The maximum atomic E-state index is 6.41. The van der Waals surface area contributed by atoms with Crippen molar-refractivity contribution < 1.29 is 0 Å². The van der Waals surface area contributed by atoms with Crippen LogP contribution < -0.4 is 0 Å². The maximum absolute atomic E-state index is 6.41. The summed E-state index contributed by atoms with van der Waals surface area (Å²) >= 11 is 6.41. The molecule has 3 nitrogen and oxygen atoms in total. The normalized spacial score (nSPS) is 21.9. The van der Waals surface area contributed by atoms with Gasteiger partial charge in [0.25, 0.3) is 0 Å². The van der Waals surface area contributed by atoms with Crippen LogP contribution in [0.4, 0.5) is 0 Å². The third-order valence-electron chi connectivity index (χ3n) is 4.63. The fourth-order valence-electron chi connectivity index (χ4n) is 3.33. The van der Waals surface area contributed by atoms with Gasteiger partial charge in [-0.25, -0.2) is 9.97 Å². The van der Waals surface area contributed by atoms with Crippen LogP contribution in [0.2, 0.25) is 5.15 Å². The number of hydrogen-bond donors (Lipinski definition) is 0. The van der Waals surface area contributed by atoms with Gasteiger partial charge in [0.05, 0.1) is 0 Å². The van der Waals surface area contributed by atoms with Gasteiger partial charge >= 0.3 is 0 Å². The minimum atomic E-state index is 0.330. The van der Waals surface area contributed by atoms with Gasteiger partial charge in [0.2, 0.25) is 0 Å². The van der Waals surface area contributed by atoms with Crippen molar-refractivity contribution >= 4 is 11.6 Å². The number of halogens is 1. The molecule has 0 bridgehead atoms. The SMILES string of the molecule is CC1(C)CCc2nc(CCN3CCCC3)nc(Cl)c2C1. The van der Waals surface area contributed by atoms with Gasteiger partial charge in [0.15, 0.2) is 0 Å². The molecule has 0 N–H and O–H groups in total. The van der Waals surface area contributed by atoms with Crippen LogP contribution in [-0.4, -0.2) is 34.5 Å². The van der Waals surface area contributed by atoms with Crippen molar-refractivity contribution in [1.29, 1.82) is 0 Å². The highest BCUT2D eigenvalue weighted by Crippen LogP contribution is 2.36. The lowest BCUT2D eigenvalue weighted by Crippen LogP contribution is -2.26. The lowest BCUT2D eigenvalue weighted by molar-refractivity contribution is 0.310. The predicted octanol–water partition coefficient (Wildman–Crippen LogP) is 3.28. The van der Waals surface area contributed by atoms with Gasteiger partial charge in [-0.3, -0.25) is 0 Å². The summed E-state index contributed by atoms with van der Waals surface area (Å²) in [5.74, 6) is 0.931. The third-order valence-corrected chi connectivity index (χ3v) is 4.95. The van der Waals surface area contributed by atoms with Crippen LogP contribution in [0.15, 0.2) is 0 Å². The molecule has 0 radical (unpaired) electrons. The van der Waals surface area contributed by atoms with Crippen molar-refractivity contribution in [3.8, 4) is 0 Å². The van der Waals surface area contributed by atoms with Crippen LogP contribution in [-0.2, 0) is 19.3 Å². The van der Waals surface area contributed by atoms with E-state index in [1.807, 2.05) is 0 Å². The van der Waals surface area contributed by atoms with E-state index in [9.17, 15) is 0 Å². The van der Waals surface area contributed by atoms with E-state index in [1.165, 1.54) is 43.6 Å². The first kappa shape index (κ1) is 14.3. The van der Waals surface area contributed by atoms with Gasteiger partial charge in [-0.2, -0.15) is 0 Å². The van der Waals surface area contributed by atoms with Crippen LogP contribution in [0.5, 0.6) is 0 Å². The Bertz CT molecular complexity index is 493. The van der Waals surface area contributed by atoms with Crippen molar-refractivity contribution in [3.63, 3.8) is 0 Å². The summed E-state index contributed by atoms with van der Waals surface area (Å²) in [6.45, 7) is 8.13. The number of likely N-dealkylation sites (tertiary alicyclic amines) is 1. The lowest BCUT2D eigenvalue weighted by atomic mass is 9.76. The molecule has 1 aliphatic heterocycles. The number of hydrogen-bond acceptors (Lipinski definition) is 3. The number of aromatic nitrogens is 2. The zero-order valence-electron chi connectivity index (χ0n) is 12.6. The largest absolute Gasteiger partial charge is 0.303 e. The summed E-state index contributed by atoms with van der Waals surface area (Å²) in [5.41, 5.74) is 2.71. The molecular formula is C16H24ClN3. The molecule has 4 heteroatoms. The molecule has 1 aromatic rings. The van der Waals surface area contributed by atoms with E-state index in [1.54, 1.807) is 0 Å². The Kier molecular flexibility index (Phi) is 4.00. The lowest BCUT2D eigenvalue weighted by Gasteiger charge is -2.31. The molecule has 1 aromatic heterocycles. The summed E-state index contributed by atoms with van der Waals surface area (Å²) in [4.78, 5) is 11.8. The Morgan fingerprint density at radius 3 is 2.70 bits per heavy atom. The maximum Gasteiger partial charge on any atom is 0.136 e. The summed E-state index contributed by atoms with van der Waals surface area (Å²) in [6, 6.07) is 0. The molecule has 0 amide bonds. The monoisotopic (exact) mass is 293 g/mol. The Morgan fingerprint density at radius 1 is 1.20 bits per heavy atom. The molecule has 0 spiro atoms. The van der Waals surface area contributed by atoms with Crippen LogP contribution in [0, 0.1) is 5.41 Å². The standard InChI is InChI=1S/C16H24ClN3/c1-16(2)7-5-13-12(11-16)15(17)19-14(18-13)6-10-20-8-3-4-9-20/h3-11H2,1-2H3. The number of rotatable bonds is 3. The second-order valence-electron chi connectivity index (χ2n) is 7.00. The summed E-state index contributed by atoms with van der Waals surface area (Å²) in [5, 5.41) is 0.694. The van der Waals surface area contributed by atoms with Gasteiger partial charge in [-0.1, -0.05) is 25.4 Å². The molecule has 0 saturated carbocycles. The summed E-state index contributed by atoms with van der Waals surface area (Å²) in [6.07, 6.45) is 6.84. The first-order valence-corrected chi connectivity index (χ1v) is 8.18. The molecule has 0 atom stereocenters. The van der Waals surface area contributed by atoms with E-state index in [0.29, 0.717) is 10.6 Å². The van der Waals surface area contributed by atoms with Crippen molar-refractivity contribution in [3.05, 3.63) is 22.2 Å². The molecule has 110 valence electrons.